The van der Waals surface area contributed by atoms with Gasteiger partial charge in [-0.2, -0.15) is 0 Å². The largest absolute Gasteiger partial charge is 0.494 e. The minimum Gasteiger partial charge on any atom is -0.494 e. The maximum Gasteiger partial charge on any atom is 0.228 e. The molecule has 0 N–H and O–H groups in total. The number of hydrogen-bond acceptors (Lipinski definition) is 7. The van der Waals surface area contributed by atoms with Gasteiger partial charge in [0.05, 0.1) is 27.5 Å². The van der Waals surface area contributed by atoms with Gasteiger partial charge in [0.15, 0.2) is 15.0 Å². The Morgan fingerprint density at radius 3 is 2.41 bits per heavy atom. The van der Waals surface area contributed by atoms with E-state index in [9.17, 15) is 13.2 Å². The summed E-state index contributed by atoms with van der Waals surface area (Å²) < 4.78 is 31.4. The number of thiazole rings is 1. The first kappa shape index (κ1) is 26.7. The number of methoxy groups -OCH3 is 1. The SMILES string of the molecule is COc1ccc(Cl)c2sc(N(CCCN(C)C)C(=O)CCCS(=O)(=O)c3ccc(Cl)cc3)nc12. The van der Waals surface area contributed by atoms with Gasteiger partial charge in [-0.25, -0.2) is 13.4 Å². The molecule has 0 fully saturated rings. The molecule has 184 valence electrons. The summed E-state index contributed by atoms with van der Waals surface area (Å²) in [6, 6.07) is 9.52. The molecule has 0 saturated carbocycles. The highest BCUT2D eigenvalue weighted by Crippen LogP contribution is 2.39. The first-order valence-electron chi connectivity index (χ1n) is 10.7. The third-order valence-electron chi connectivity index (χ3n) is 5.16. The molecule has 0 atom stereocenters. The van der Waals surface area contributed by atoms with Crippen molar-refractivity contribution in [1.29, 1.82) is 0 Å². The van der Waals surface area contributed by atoms with Crippen molar-refractivity contribution in [3.63, 3.8) is 0 Å². The molecule has 7 nitrogen and oxygen atoms in total. The van der Waals surface area contributed by atoms with E-state index in [2.05, 4.69) is 4.98 Å². The van der Waals surface area contributed by atoms with Gasteiger partial charge in [-0.3, -0.25) is 9.69 Å². The van der Waals surface area contributed by atoms with E-state index in [1.165, 1.54) is 23.5 Å². The number of ether oxygens (including phenoxy) is 1. The molecule has 1 amide bonds. The van der Waals surface area contributed by atoms with Crippen LogP contribution in [-0.4, -0.2) is 64.3 Å². The van der Waals surface area contributed by atoms with E-state index in [4.69, 9.17) is 27.9 Å². The molecule has 0 aliphatic rings. The molecule has 11 heteroatoms. The van der Waals surface area contributed by atoms with Gasteiger partial charge in [-0.05, 0) is 69.9 Å². The number of benzene rings is 2. The quantitative estimate of drug-likeness (QED) is 0.332. The van der Waals surface area contributed by atoms with Gasteiger partial charge in [0.25, 0.3) is 0 Å². The molecule has 0 bridgehead atoms. The van der Waals surface area contributed by atoms with Crippen LogP contribution >= 0.6 is 34.5 Å². The molecule has 34 heavy (non-hydrogen) atoms. The normalized spacial score (nSPS) is 11.8. The second kappa shape index (κ2) is 11.7. The lowest BCUT2D eigenvalue weighted by molar-refractivity contribution is -0.118. The van der Waals surface area contributed by atoms with Crippen molar-refractivity contribution < 1.29 is 17.9 Å². The van der Waals surface area contributed by atoms with Crippen LogP contribution in [0.2, 0.25) is 10.0 Å². The predicted molar refractivity (Wildman–Crippen MR) is 139 cm³/mol. The number of amides is 1. The predicted octanol–water partition coefficient (Wildman–Crippen LogP) is 5.15. The molecule has 2 aromatic carbocycles. The Hall–Kier alpha value is -1.91. The zero-order chi connectivity index (χ0) is 24.9. The van der Waals surface area contributed by atoms with E-state index in [-0.39, 0.29) is 29.4 Å². The molecular weight excluding hydrogens is 517 g/mol. The van der Waals surface area contributed by atoms with Crippen molar-refractivity contribution in [2.24, 2.45) is 0 Å². The number of halogens is 2. The maximum absolute atomic E-state index is 13.2. The van der Waals surface area contributed by atoms with E-state index < -0.39 is 9.84 Å². The van der Waals surface area contributed by atoms with Crippen molar-refractivity contribution in [3.8, 4) is 5.75 Å². The molecule has 1 heterocycles. The van der Waals surface area contributed by atoms with E-state index in [0.29, 0.717) is 33.0 Å². The second-order valence-corrected chi connectivity index (χ2v) is 11.9. The number of hydrogen-bond donors (Lipinski definition) is 0. The maximum atomic E-state index is 13.2. The Kier molecular flexibility index (Phi) is 9.17. The van der Waals surface area contributed by atoms with Gasteiger partial charge < -0.3 is 9.64 Å². The van der Waals surface area contributed by atoms with Gasteiger partial charge >= 0.3 is 0 Å². The third kappa shape index (κ3) is 6.60. The van der Waals surface area contributed by atoms with E-state index >= 15 is 0 Å². The van der Waals surface area contributed by atoms with Crippen LogP contribution in [0.5, 0.6) is 5.75 Å². The summed E-state index contributed by atoms with van der Waals surface area (Å²) in [7, 11) is 1.99. The number of carbonyl (C=O) groups is 1. The average molecular weight is 545 g/mol. The summed E-state index contributed by atoms with van der Waals surface area (Å²) >= 11 is 13.5. The van der Waals surface area contributed by atoms with Crippen LogP contribution in [0.3, 0.4) is 0 Å². The minimum atomic E-state index is -3.51. The lowest BCUT2D eigenvalue weighted by Gasteiger charge is -2.21. The number of anilines is 1. The monoisotopic (exact) mass is 543 g/mol. The molecule has 3 rings (SSSR count). The molecule has 0 aliphatic heterocycles. The van der Waals surface area contributed by atoms with E-state index in [1.807, 2.05) is 19.0 Å². The van der Waals surface area contributed by atoms with Crippen LogP contribution in [0.1, 0.15) is 19.3 Å². The number of rotatable bonds is 11. The van der Waals surface area contributed by atoms with Crippen LogP contribution in [0.15, 0.2) is 41.3 Å². The Balaban J connectivity index is 1.77. The Labute approximate surface area is 214 Å². The lowest BCUT2D eigenvalue weighted by Crippen LogP contribution is -2.33. The highest BCUT2D eigenvalue weighted by molar-refractivity contribution is 7.91. The Morgan fingerprint density at radius 1 is 1.06 bits per heavy atom. The van der Waals surface area contributed by atoms with Crippen LogP contribution in [-0.2, 0) is 14.6 Å². The third-order valence-corrected chi connectivity index (χ3v) is 8.77. The zero-order valence-corrected chi connectivity index (χ0v) is 22.4. The fourth-order valence-corrected chi connectivity index (χ4v) is 6.14. The van der Waals surface area contributed by atoms with Crippen LogP contribution in [0.25, 0.3) is 10.2 Å². The molecule has 3 aromatic rings. The summed E-state index contributed by atoms with van der Waals surface area (Å²) in [5, 5.41) is 1.52. The van der Waals surface area contributed by atoms with Gasteiger partial charge in [0.2, 0.25) is 5.91 Å². The summed E-state index contributed by atoms with van der Waals surface area (Å²) in [4.78, 5) is 21.7. The zero-order valence-electron chi connectivity index (χ0n) is 19.3. The summed E-state index contributed by atoms with van der Waals surface area (Å²) in [5.74, 6) is 0.265. The highest BCUT2D eigenvalue weighted by atomic mass is 35.5. The highest BCUT2D eigenvalue weighted by Gasteiger charge is 2.23. The van der Waals surface area contributed by atoms with Gasteiger partial charge in [0.1, 0.15) is 11.3 Å². The topological polar surface area (TPSA) is 79.8 Å². The van der Waals surface area contributed by atoms with Gasteiger partial charge in [-0.15, -0.1) is 0 Å². The van der Waals surface area contributed by atoms with Crippen molar-refractivity contribution in [3.05, 3.63) is 46.4 Å². The lowest BCUT2D eigenvalue weighted by atomic mass is 10.3. The smallest absolute Gasteiger partial charge is 0.228 e. The summed E-state index contributed by atoms with van der Waals surface area (Å²) in [5.41, 5.74) is 0.603. The molecule has 0 aliphatic carbocycles. The Morgan fingerprint density at radius 2 is 1.76 bits per heavy atom. The molecule has 0 spiro atoms. The average Bonchev–Trinajstić information content (AvgIpc) is 3.23. The van der Waals surface area contributed by atoms with Crippen LogP contribution < -0.4 is 9.64 Å². The van der Waals surface area contributed by atoms with Crippen molar-refractivity contribution in [1.82, 2.24) is 9.88 Å². The molecule has 0 unspecified atom stereocenters. The number of fused-ring (bicyclic) bond motifs is 1. The fourth-order valence-electron chi connectivity index (χ4n) is 3.40. The molecular formula is C23H27Cl2N3O4S2. The summed E-state index contributed by atoms with van der Waals surface area (Å²) in [6.07, 6.45) is 1.02. The number of carbonyl (C=O) groups excluding carboxylic acids is 1. The van der Waals surface area contributed by atoms with Crippen molar-refractivity contribution in [2.45, 2.75) is 24.2 Å². The van der Waals surface area contributed by atoms with Gasteiger partial charge in [0, 0.05) is 18.0 Å². The Bertz CT molecular complexity index is 1250. The fraction of sp³-hybridized carbons (Fsp3) is 0.391. The number of nitrogens with zero attached hydrogens (tertiary/aromatic N) is 3. The minimum absolute atomic E-state index is 0.0789. The number of sulfone groups is 1. The van der Waals surface area contributed by atoms with Crippen molar-refractivity contribution >= 4 is 65.6 Å². The number of aromatic nitrogens is 1. The standard InChI is InChI=1S/C23H27Cl2N3O4S2/c1-27(2)13-5-14-28(23-26-21-19(32-3)12-11-18(25)22(21)33-23)20(29)6-4-15-34(30,31)17-9-7-16(24)8-10-17/h7-12H,4-6,13-15H2,1-3H3. The molecule has 1 aromatic heterocycles. The van der Waals surface area contributed by atoms with Crippen LogP contribution in [0, 0.1) is 0 Å². The molecule has 0 saturated heterocycles. The van der Waals surface area contributed by atoms with Gasteiger partial charge in [-0.1, -0.05) is 34.5 Å². The summed E-state index contributed by atoms with van der Waals surface area (Å²) in [6.45, 7) is 1.25. The first-order chi connectivity index (χ1) is 16.1. The molecule has 0 radical (unpaired) electrons. The van der Waals surface area contributed by atoms with E-state index in [0.717, 1.165) is 17.7 Å². The van der Waals surface area contributed by atoms with Crippen LogP contribution in [0.4, 0.5) is 5.13 Å². The first-order valence-corrected chi connectivity index (χ1v) is 13.9. The van der Waals surface area contributed by atoms with E-state index in [1.54, 1.807) is 36.3 Å². The second-order valence-electron chi connectivity index (χ2n) is 8.00. The van der Waals surface area contributed by atoms with Crippen molar-refractivity contribution in [2.75, 3.05) is 44.9 Å².